The Hall–Kier alpha value is -4.28. The molecule has 0 fully saturated rings. The van der Waals surface area contributed by atoms with E-state index >= 15 is 0 Å². The Labute approximate surface area is 181 Å². The van der Waals surface area contributed by atoms with E-state index in [4.69, 9.17) is 4.74 Å². The molecule has 0 bridgehead atoms. The highest BCUT2D eigenvalue weighted by molar-refractivity contribution is 5.99. The van der Waals surface area contributed by atoms with Gasteiger partial charge in [-0.1, -0.05) is 12.6 Å². The molecule has 0 spiro atoms. The number of alkyl halides is 2. The number of nitrogens with one attached hydrogen (secondary N) is 2. The third-order valence-corrected chi connectivity index (χ3v) is 4.44. The van der Waals surface area contributed by atoms with Gasteiger partial charge in [0.25, 0.3) is 6.43 Å². The zero-order valence-corrected chi connectivity index (χ0v) is 17.0. The van der Waals surface area contributed by atoms with Gasteiger partial charge >= 0.3 is 0 Å². The summed E-state index contributed by atoms with van der Waals surface area (Å²) >= 11 is 0. The molecule has 9 nitrogen and oxygen atoms in total. The Balaban J connectivity index is 1.61. The van der Waals surface area contributed by atoms with E-state index < -0.39 is 13.0 Å². The van der Waals surface area contributed by atoms with Crippen molar-refractivity contribution in [3.8, 4) is 11.6 Å². The van der Waals surface area contributed by atoms with E-state index in [0.29, 0.717) is 22.6 Å². The third kappa shape index (κ3) is 4.72. The molecule has 0 aliphatic carbocycles. The fourth-order valence-corrected chi connectivity index (χ4v) is 2.93. The molecular formula is C21H19F2N7O2. The molecule has 0 aliphatic heterocycles. The molecule has 4 rings (SSSR count). The maximum Gasteiger partial charge on any atom is 0.257 e. The van der Waals surface area contributed by atoms with Gasteiger partial charge in [0, 0.05) is 24.1 Å². The molecule has 0 saturated heterocycles. The smallest absolute Gasteiger partial charge is 0.257 e. The van der Waals surface area contributed by atoms with Gasteiger partial charge in [-0.25, -0.2) is 13.3 Å². The number of rotatable bonds is 8. The summed E-state index contributed by atoms with van der Waals surface area (Å²) in [5.41, 5.74) is 2.50. The second kappa shape index (κ2) is 8.84. The average Bonchev–Trinajstić information content (AvgIpc) is 3.39. The van der Waals surface area contributed by atoms with Crippen molar-refractivity contribution < 1.29 is 18.3 Å². The van der Waals surface area contributed by atoms with Gasteiger partial charge in [0.2, 0.25) is 17.7 Å². The molecule has 32 heavy (non-hydrogen) atoms. The predicted octanol–water partition coefficient (Wildman–Crippen LogP) is 4.16. The number of hydrogen-bond donors (Lipinski definition) is 2. The Morgan fingerprint density at radius 2 is 2.19 bits per heavy atom. The number of amides is 1. The number of hydrogen-bond acceptors (Lipinski definition) is 6. The fraction of sp³-hybridized carbons (Fsp3) is 0.143. The molecule has 0 aliphatic rings. The zero-order chi connectivity index (χ0) is 22.7. The van der Waals surface area contributed by atoms with Crippen LogP contribution in [0.5, 0.6) is 11.6 Å². The lowest BCUT2D eigenvalue weighted by Gasteiger charge is -2.12. The largest absolute Gasteiger partial charge is 0.437 e. The molecule has 3 aromatic heterocycles. The topological polar surface area (TPSA) is 98.4 Å². The van der Waals surface area contributed by atoms with Gasteiger partial charge < -0.3 is 15.4 Å². The molecule has 4 aromatic rings. The van der Waals surface area contributed by atoms with Crippen molar-refractivity contribution in [3.63, 3.8) is 0 Å². The van der Waals surface area contributed by atoms with Crippen LogP contribution in [-0.2, 0) is 11.3 Å². The summed E-state index contributed by atoms with van der Waals surface area (Å²) in [5.74, 6) is 0.567. The minimum atomic E-state index is -2.51. The van der Waals surface area contributed by atoms with E-state index in [0.717, 1.165) is 10.2 Å². The second-order valence-corrected chi connectivity index (χ2v) is 6.82. The molecule has 0 saturated carbocycles. The quantitative estimate of drug-likeness (QED) is 0.400. The number of anilines is 3. The maximum absolute atomic E-state index is 12.5. The molecule has 11 heteroatoms. The van der Waals surface area contributed by atoms with Crippen LogP contribution in [0.3, 0.4) is 0 Å². The molecule has 0 unspecified atom stereocenters. The van der Waals surface area contributed by atoms with Gasteiger partial charge in [0.05, 0.1) is 11.9 Å². The second-order valence-electron chi connectivity index (χ2n) is 6.82. The molecule has 3 heterocycles. The number of carbonyl (C=O) groups is 1. The molecule has 2 N–H and O–H groups in total. The van der Waals surface area contributed by atoms with E-state index in [1.165, 1.54) is 18.5 Å². The minimum Gasteiger partial charge on any atom is -0.437 e. The van der Waals surface area contributed by atoms with E-state index in [-0.39, 0.29) is 17.7 Å². The lowest BCUT2D eigenvalue weighted by atomic mass is 10.2. The van der Waals surface area contributed by atoms with Crippen molar-refractivity contribution in [3.05, 3.63) is 67.1 Å². The molecule has 0 radical (unpaired) electrons. The van der Waals surface area contributed by atoms with Crippen LogP contribution in [0.4, 0.5) is 26.1 Å². The predicted molar refractivity (Wildman–Crippen MR) is 115 cm³/mol. The third-order valence-electron chi connectivity index (χ3n) is 4.44. The van der Waals surface area contributed by atoms with E-state index in [9.17, 15) is 13.6 Å². The Morgan fingerprint density at radius 3 is 2.97 bits per heavy atom. The molecular weight excluding hydrogens is 420 g/mol. The standard InChI is InChI=1S/C21H19F2N7O2/c1-3-19(31)26-16-9-15(7-6-13(16)2)32-20-17-5-4-8-30(17)28-21(27-20)25-14-10-24-29(11-14)12-18(22)23/h3-11,18H,1,12H2,2H3,(H,25,28)(H,26,31). The van der Waals surface area contributed by atoms with Gasteiger partial charge in [0.1, 0.15) is 17.8 Å². The summed E-state index contributed by atoms with van der Waals surface area (Å²) in [7, 11) is 0. The molecule has 1 amide bonds. The zero-order valence-electron chi connectivity index (χ0n) is 17.0. The Morgan fingerprint density at radius 1 is 1.34 bits per heavy atom. The van der Waals surface area contributed by atoms with Crippen molar-refractivity contribution in [2.45, 2.75) is 19.9 Å². The normalized spacial score (nSPS) is 11.0. The van der Waals surface area contributed by atoms with Crippen molar-refractivity contribution in [2.24, 2.45) is 0 Å². The van der Waals surface area contributed by atoms with Crippen LogP contribution >= 0.6 is 0 Å². The van der Waals surface area contributed by atoms with Crippen molar-refractivity contribution in [1.82, 2.24) is 24.4 Å². The number of nitrogens with zero attached hydrogens (tertiary/aromatic N) is 5. The number of fused-ring (bicyclic) bond motifs is 1. The lowest BCUT2D eigenvalue weighted by Crippen LogP contribution is -2.08. The highest BCUT2D eigenvalue weighted by atomic mass is 19.3. The van der Waals surface area contributed by atoms with Crippen LogP contribution in [0.15, 0.2) is 61.6 Å². The molecule has 164 valence electrons. The summed E-state index contributed by atoms with van der Waals surface area (Å²) in [6, 6.07) is 8.81. The lowest BCUT2D eigenvalue weighted by molar-refractivity contribution is -0.111. The fourth-order valence-electron chi connectivity index (χ4n) is 2.93. The van der Waals surface area contributed by atoms with Crippen molar-refractivity contribution in [2.75, 3.05) is 10.6 Å². The first-order valence-corrected chi connectivity index (χ1v) is 9.56. The van der Waals surface area contributed by atoms with Crippen LogP contribution in [0, 0.1) is 6.92 Å². The summed E-state index contributed by atoms with van der Waals surface area (Å²) in [5, 5.41) is 13.9. The average molecular weight is 439 g/mol. The summed E-state index contributed by atoms with van der Waals surface area (Å²) in [6.07, 6.45) is 3.24. The Kier molecular flexibility index (Phi) is 5.79. The van der Waals surface area contributed by atoms with Gasteiger partial charge in [-0.3, -0.25) is 9.48 Å². The molecule has 0 atom stereocenters. The van der Waals surface area contributed by atoms with Crippen LogP contribution in [0.25, 0.3) is 5.52 Å². The number of carbonyl (C=O) groups excluding carboxylic acids is 1. The Bertz CT molecular complexity index is 1280. The van der Waals surface area contributed by atoms with E-state index in [1.807, 2.05) is 6.92 Å². The number of aromatic nitrogens is 5. The number of aryl methyl sites for hydroxylation is 1. The molecule has 1 aromatic carbocycles. The van der Waals surface area contributed by atoms with Crippen LogP contribution in [-0.4, -0.2) is 36.7 Å². The maximum atomic E-state index is 12.5. The van der Waals surface area contributed by atoms with Crippen LogP contribution in [0.2, 0.25) is 0 Å². The van der Waals surface area contributed by atoms with Gasteiger partial charge in [0.15, 0.2) is 0 Å². The first kappa shape index (κ1) is 21.0. The number of halogens is 2. The van der Waals surface area contributed by atoms with E-state index in [2.05, 4.69) is 32.4 Å². The number of ether oxygens (including phenoxy) is 1. The summed E-state index contributed by atoms with van der Waals surface area (Å²) in [6.45, 7) is 4.80. The first-order valence-electron chi connectivity index (χ1n) is 9.56. The van der Waals surface area contributed by atoms with Crippen molar-refractivity contribution in [1.29, 1.82) is 0 Å². The van der Waals surface area contributed by atoms with Gasteiger partial charge in [-0.2, -0.15) is 10.1 Å². The SMILES string of the molecule is C=CC(=O)Nc1cc(Oc2nc(Nc3cnn(CC(F)F)c3)nn3cccc23)ccc1C. The summed E-state index contributed by atoms with van der Waals surface area (Å²) in [4.78, 5) is 16.1. The van der Waals surface area contributed by atoms with Crippen molar-refractivity contribution >= 4 is 28.7 Å². The monoisotopic (exact) mass is 439 g/mol. The van der Waals surface area contributed by atoms with Crippen LogP contribution < -0.4 is 15.4 Å². The van der Waals surface area contributed by atoms with Gasteiger partial charge in [-0.15, -0.1) is 5.10 Å². The first-order chi connectivity index (χ1) is 15.4. The van der Waals surface area contributed by atoms with E-state index in [1.54, 1.807) is 41.0 Å². The highest BCUT2D eigenvalue weighted by Gasteiger charge is 2.13. The summed E-state index contributed by atoms with van der Waals surface area (Å²) < 4.78 is 33.8. The van der Waals surface area contributed by atoms with Crippen LogP contribution in [0.1, 0.15) is 5.56 Å². The highest BCUT2D eigenvalue weighted by Crippen LogP contribution is 2.29. The minimum absolute atomic E-state index is 0.188. The number of benzene rings is 1. The van der Waals surface area contributed by atoms with Gasteiger partial charge in [-0.05, 0) is 36.8 Å².